The summed E-state index contributed by atoms with van der Waals surface area (Å²) in [7, 11) is 1.87. The summed E-state index contributed by atoms with van der Waals surface area (Å²) >= 11 is 0. The first-order chi connectivity index (χ1) is 10.7. The lowest BCUT2D eigenvalue weighted by molar-refractivity contribution is 0.118. The minimum absolute atomic E-state index is 0.405. The van der Waals surface area contributed by atoms with Crippen LogP contribution in [0.15, 0.2) is 31.4 Å². The second-order valence-corrected chi connectivity index (χ2v) is 5.98. The standard InChI is InChI=1S/C16H23N5O/c1-3-21-11-13(8-18-21)10-20-6-4-5-15(20)7-16(22)14-9-17-19(2)12-14/h3,8-9,11-12,15-16,22H,1,4-7,10H2,2H3/t15-,16-/m1/s1. The van der Waals surface area contributed by atoms with E-state index in [9.17, 15) is 5.11 Å². The van der Waals surface area contributed by atoms with Crippen LogP contribution >= 0.6 is 0 Å². The Bertz CT molecular complexity index is 632. The number of rotatable bonds is 6. The molecule has 0 bridgehead atoms. The molecule has 2 aromatic heterocycles. The molecule has 0 radical (unpaired) electrons. The average molecular weight is 301 g/mol. The van der Waals surface area contributed by atoms with Crippen molar-refractivity contribution in [1.82, 2.24) is 24.5 Å². The molecule has 1 aliphatic rings. The number of aromatic nitrogens is 4. The molecule has 0 saturated carbocycles. The van der Waals surface area contributed by atoms with Crippen molar-refractivity contribution >= 4 is 6.20 Å². The molecule has 0 aromatic carbocycles. The van der Waals surface area contributed by atoms with Crippen LogP contribution in [0.1, 0.15) is 36.5 Å². The van der Waals surface area contributed by atoms with E-state index in [4.69, 9.17) is 0 Å². The molecule has 3 rings (SSSR count). The molecule has 0 amide bonds. The molecule has 3 heterocycles. The van der Waals surface area contributed by atoms with Crippen LogP contribution in [0, 0.1) is 0 Å². The zero-order chi connectivity index (χ0) is 15.5. The summed E-state index contributed by atoms with van der Waals surface area (Å²) in [6, 6.07) is 0.405. The van der Waals surface area contributed by atoms with E-state index in [1.807, 2.05) is 25.6 Å². The Balaban J connectivity index is 1.61. The highest BCUT2D eigenvalue weighted by Crippen LogP contribution is 2.28. The first-order valence-corrected chi connectivity index (χ1v) is 7.72. The van der Waals surface area contributed by atoms with E-state index in [0.29, 0.717) is 6.04 Å². The van der Waals surface area contributed by atoms with Crippen LogP contribution in [0.4, 0.5) is 0 Å². The predicted octanol–water partition coefficient (Wildman–Crippen LogP) is 1.81. The Morgan fingerprint density at radius 2 is 2.27 bits per heavy atom. The number of nitrogens with zero attached hydrogens (tertiary/aromatic N) is 5. The van der Waals surface area contributed by atoms with Gasteiger partial charge in [-0.15, -0.1) is 0 Å². The highest BCUT2D eigenvalue weighted by molar-refractivity contribution is 5.18. The summed E-state index contributed by atoms with van der Waals surface area (Å²) < 4.78 is 3.46. The Morgan fingerprint density at radius 3 is 2.95 bits per heavy atom. The second-order valence-electron chi connectivity index (χ2n) is 5.98. The number of likely N-dealkylation sites (tertiary alicyclic amines) is 1. The molecule has 6 nitrogen and oxygen atoms in total. The summed E-state index contributed by atoms with van der Waals surface area (Å²) in [5.41, 5.74) is 2.08. The number of aryl methyl sites for hydroxylation is 1. The van der Waals surface area contributed by atoms with Crippen molar-refractivity contribution in [2.45, 2.75) is 38.0 Å². The van der Waals surface area contributed by atoms with Gasteiger partial charge in [-0.25, -0.2) is 4.68 Å². The van der Waals surface area contributed by atoms with Crippen LogP contribution in [0.2, 0.25) is 0 Å². The van der Waals surface area contributed by atoms with Gasteiger partial charge in [0.2, 0.25) is 0 Å². The van der Waals surface area contributed by atoms with E-state index < -0.39 is 6.10 Å². The minimum Gasteiger partial charge on any atom is -0.388 e. The number of hydrogen-bond acceptors (Lipinski definition) is 4. The summed E-state index contributed by atoms with van der Waals surface area (Å²) in [4.78, 5) is 2.43. The van der Waals surface area contributed by atoms with E-state index in [1.54, 1.807) is 21.8 Å². The Morgan fingerprint density at radius 1 is 1.41 bits per heavy atom. The molecule has 1 fully saturated rings. The molecule has 0 spiro atoms. The van der Waals surface area contributed by atoms with E-state index >= 15 is 0 Å². The number of aliphatic hydroxyl groups is 1. The third kappa shape index (κ3) is 3.28. The Labute approximate surface area is 130 Å². The summed E-state index contributed by atoms with van der Waals surface area (Å²) in [5, 5.41) is 18.8. The average Bonchev–Trinajstić information content (AvgIpc) is 3.22. The Kier molecular flexibility index (Phi) is 4.40. The van der Waals surface area contributed by atoms with Crippen LogP contribution in [-0.2, 0) is 13.6 Å². The second kappa shape index (κ2) is 6.46. The van der Waals surface area contributed by atoms with Gasteiger partial charge in [-0.05, 0) is 25.8 Å². The number of aliphatic hydroxyl groups excluding tert-OH is 1. The largest absolute Gasteiger partial charge is 0.388 e. The van der Waals surface area contributed by atoms with Crippen LogP contribution in [-0.4, -0.2) is 42.2 Å². The highest BCUT2D eigenvalue weighted by Gasteiger charge is 2.27. The molecule has 0 aliphatic carbocycles. The predicted molar refractivity (Wildman–Crippen MR) is 84.8 cm³/mol. The summed E-state index contributed by atoms with van der Waals surface area (Å²) in [6.45, 7) is 5.66. The maximum atomic E-state index is 10.4. The molecule has 6 heteroatoms. The maximum absolute atomic E-state index is 10.4. The lowest BCUT2D eigenvalue weighted by atomic mass is 10.0. The monoisotopic (exact) mass is 301 g/mol. The first kappa shape index (κ1) is 15.0. The molecular formula is C16H23N5O. The van der Waals surface area contributed by atoms with Crippen molar-refractivity contribution in [2.75, 3.05) is 6.54 Å². The third-order valence-electron chi connectivity index (χ3n) is 4.33. The molecule has 22 heavy (non-hydrogen) atoms. The third-order valence-corrected chi connectivity index (χ3v) is 4.33. The summed E-state index contributed by atoms with van der Waals surface area (Å²) in [6.07, 6.45) is 11.8. The van der Waals surface area contributed by atoms with Crippen molar-refractivity contribution in [2.24, 2.45) is 7.05 Å². The molecule has 1 aliphatic heterocycles. The summed E-state index contributed by atoms with van der Waals surface area (Å²) in [5.74, 6) is 0. The van der Waals surface area contributed by atoms with E-state index in [2.05, 4.69) is 21.7 Å². The van der Waals surface area contributed by atoms with Crippen LogP contribution < -0.4 is 0 Å². The SMILES string of the molecule is C=Cn1cc(CN2CCC[C@@H]2C[C@@H](O)c2cnn(C)c2)cn1. The maximum Gasteiger partial charge on any atom is 0.0835 e. The van der Waals surface area contributed by atoms with Crippen molar-refractivity contribution < 1.29 is 5.11 Å². The fraction of sp³-hybridized carbons (Fsp3) is 0.500. The normalized spacial score (nSPS) is 20.4. The van der Waals surface area contributed by atoms with Crippen molar-refractivity contribution in [3.8, 4) is 0 Å². The lowest BCUT2D eigenvalue weighted by Gasteiger charge is -2.25. The highest BCUT2D eigenvalue weighted by atomic mass is 16.3. The fourth-order valence-electron chi connectivity index (χ4n) is 3.17. The van der Waals surface area contributed by atoms with Crippen LogP contribution in [0.3, 0.4) is 0 Å². The van der Waals surface area contributed by atoms with E-state index in [-0.39, 0.29) is 0 Å². The smallest absolute Gasteiger partial charge is 0.0835 e. The van der Waals surface area contributed by atoms with E-state index in [1.165, 1.54) is 12.0 Å². The van der Waals surface area contributed by atoms with Crippen molar-refractivity contribution in [3.05, 3.63) is 42.5 Å². The van der Waals surface area contributed by atoms with Crippen molar-refractivity contribution in [3.63, 3.8) is 0 Å². The Hall–Kier alpha value is -1.92. The molecule has 118 valence electrons. The zero-order valence-electron chi connectivity index (χ0n) is 13.0. The van der Waals surface area contributed by atoms with Gasteiger partial charge < -0.3 is 5.11 Å². The molecule has 1 N–H and O–H groups in total. The van der Waals surface area contributed by atoms with Crippen LogP contribution in [0.25, 0.3) is 6.20 Å². The van der Waals surface area contributed by atoms with Gasteiger partial charge in [0.05, 0.1) is 18.5 Å². The van der Waals surface area contributed by atoms with Gasteiger partial charge in [-0.2, -0.15) is 10.2 Å². The zero-order valence-corrected chi connectivity index (χ0v) is 13.0. The van der Waals surface area contributed by atoms with Gasteiger partial charge >= 0.3 is 0 Å². The van der Waals surface area contributed by atoms with Gasteiger partial charge in [0.25, 0.3) is 0 Å². The molecule has 2 aromatic rings. The quantitative estimate of drug-likeness (QED) is 0.884. The van der Waals surface area contributed by atoms with Gasteiger partial charge in [0.1, 0.15) is 0 Å². The fourth-order valence-corrected chi connectivity index (χ4v) is 3.17. The van der Waals surface area contributed by atoms with E-state index in [0.717, 1.165) is 31.5 Å². The first-order valence-electron chi connectivity index (χ1n) is 7.72. The van der Waals surface area contributed by atoms with Gasteiger partial charge in [-0.3, -0.25) is 9.58 Å². The molecule has 2 atom stereocenters. The van der Waals surface area contributed by atoms with Gasteiger partial charge in [0, 0.05) is 49.4 Å². The van der Waals surface area contributed by atoms with Gasteiger partial charge in [-0.1, -0.05) is 6.58 Å². The lowest BCUT2D eigenvalue weighted by Crippen LogP contribution is -2.30. The minimum atomic E-state index is -0.449. The van der Waals surface area contributed by atoms with Crippen molar-refractivity contribution in [1.29, 1.82) is 0 Å². The van der Waals surface area contributed by atoms with Crippen LogP contribution in [0.5, 0.6) is 0 Å². The van der Waals surface area contributed by atoms with Gasteiger partial charge in [0.15, 0.2) is 0 Å². The molecular weight excluding hydrogens is 278 g/mol. The topological polar surface area (TPSA) is 59.1 Å². The molecule has 1 saturated heterocycles. The molecule has 0 unspecified atom stereocenters. The number of hydrogen-bond donors (Lipinski definition) is 1.